The molecule has 0 spiro atoms. The number of hydrogen-bond donors (Lipinski definition) is 1. The minimum absolute atomic E-state index is 0.129. The molecule has 0 unspecified atom stereocenters. The molecule has 0 saturated carbocycles. The monoisotopic (exact) mass is 302 g/mol. The fraction of sp³-hybridized carbons (Fsp3) is 0.133. The van der Waals surface area contributed by atoms with Crippen LogP contribution in [0.5, 0.6) is 5.75 Å². The van der Waals surface area contributed by atoms with Gasteiger partial charge in [-0.2, -0.15) is 5.26 Å². The second-order valence-corrected chi connectivity index (χ2v) is 6.08. The highest BCUT2D eigenvalue weighted by atomic mass is 32.2. The van der Waals surface area contributed by atoms with Gasteiger partial charge in [0.15, 0.2) is 0 Å². The van der Waals surface area contributed by atoms with Crippen LogP contribution in [0.3, 0.4) is 0 Å². The summed E-state index contributed by atoms with van der Waals surface area (Å²) in [7, 11) is -2.05. The summed E-state index contributed by atoms with van der Waals surface area (Å²) in [6.07, 6.45) is 0. The maximum atomic E-state index is 12.1. The van der Waals surface area contributed by atoms with Gasteiger partial charge >= 0.3 is 0 Å². The van der Waals surface area contributed by atoms with Gasteiger partial charge in [0.05, 0.1) is 23.6 Å². The Kier molecular flexibility index (Phi) is 4.58. The van der Waals surface area contributed by atoms with E-state index in [0.29, 0.717) is 11.3 Å². The van der Waals surface area contributed by atoms with Gasteiger partial charge in [0.1, 0.15) is 5.75 Å². The Labute approximate surface area is 123 Å². The maximum Gasteiger partial charge on any atom is 0.240 e. The van der Waals surface area contributed by atoms with Gasteiger partial charge in [-0.25, -0.2) is 13.1 Å². The zero-order valence-electron chi connectivity index (χ0n) is 11.4. The normalized spacial score (nSPS) is 10.9. The van der Waals surface area contributed by atoms with Crippen LogP contribution in [-0.4, -0.2) is 15.5 Å². The quantitative estimate of drug-likeness (QED) is 0.916. The van der Waals surface area contributed by atoms with E-state index in [4.69, 9.17) is 10.00 Å². The average Bonchev–Trinajstić information content (AvgIpc) is 2.53. The number of nitrogens with one attached hydrogen (secondary N) is 1. The van der Waals surface area contributed by atoms with E-state index in [2.05, 4.69) is 4.72 Å². The second kappa shape index (κ2) is 6.39. The average molecular weight is 302 g/mol. The number of ether oxygens (including phenoxy) is 1. The molecule has 2 rings (SSSR count). The smallest absolute Gasteiger partial charge is 0.240 e. The van der Waals surface area contributed by atoms with Gasteiger partial charge in [-0.15, -0.1) is 0 Å². The van der Waals surface area contributed by atoms with Gasteiger partial charge in [0.25, 0.3) is 0 Å². The number of benzene rings is 2. The van der Waals surface area contributed by atoms with Crippen LogP contribution in [0, 0.1) is 11.3 Å². The summed E-state index contributed by atoms with van der Waals surface area (Å²) in [6.45, 7) is 0.166. The Balaban J connectivity index is 2.11. The van der Waals surface area contributed by atoms with Gasteiger partial charge in [-0.05, 0) is 42.0 Å². The van der Waals surface area contributed by atoms with Crippen molar-refractivity contribution < 1.29 is 13.2 Å². The summed E-state index contributed by atoms with van der Waals surface area (Å²) in [5, 5.41) is 8.71. The van der Waals surface area contributed by atoms with Gasteiger partial charge in [-0.3, -0.25) is 0 Å². The molecule has 2 aromatic carbocycles. The van der Waals surface area contributed by atoms with Crippen LogP contribution in [-0.2, 0) is 16.6 Å². The van der Waals surface area contributed by atoms with E-state index >= 15 is 0 Å². The fourth-order valence-electron chi connectivity index (χ4n) is 1.75. The molecule has 0 heterocycles. The molecule has 5 nitrogen and oxygen atoms in total. The highest BCUT2D eigenvalue weighted by molar-refractivity contribution is 7.89. The van der Waals surface area contributed by atoms with Crippen molar-refractivity contribution in [2.75, 3.05) is 7.11 Å². The first-order chi connectivity index (χ1) is 10.0. The first kappa shape index (κ1) is 15.0. The number of hydrogen-bond acceptors (Lipinski definition) is 4. The SMILES string of the molecule is COc1cccc(CNS(=O)(=O)c2ccc(C#N)cc2)c1. The number of nitriles is 1. The van der Waals surface area contributed by atoms with Gasteiger partial charge in [0, 0.05) is 6.54 Å². The molecule has 108 valence electrons. The van der Waals surface area contributed by atoms with Crippen LogP contribution in [0.1, 0.15) is 11.1 Å². The molecular weight excluding hydrogens is 288 g/mol. The molecule has 0 aromatic heterocycles. The Morgan fingerprint density at radius 2 is 1.90 bits per heavy atom. The summed E-state index contributed by atoms with van der Waals surface area (Å²) in [4.78, 5) is 0.129. The molecule has 6 heteroatoms. The zero-order chi connectivity index (χ0) is 15.3. The topological polar surface area (TPSA) is 79.2 Å². The van der Waals surface area contributed by atoms with Crippen molar-refractivity contribution >= 4 is 10.0 Å². The molecule has 0 fully saturated rings. The van der Waals surface area contributed by atoms with Crippen molar-refractivity contribution in [2.24, 2.45) is 0 Å². The lowest BCUT2D eigenvalue weighted by Crippen LogP contribution is -2.23. The minimum atomic E-state index is -3.60. The largest absolute Gasteiger partial charge is 0.497 e. The first-order valence-corrected chi connectivity index (χ1v) is 7.66. The van der Waals surface area contributed by atoms with Gasteiger partial charge in [-0.1, -0.05) is 12.1 Å². The van der Waals surface area contributed by atoms with Crippen LogP contribution in [0.2, 0.25) is 0 Å². The van der Waals surface area contributed by atoms with Crippen molar-refractivity contribution in [2.45, 2.75) is 11.4 Å². The van der Waals surface area contributed by atoms with E-state index in [-0.39, 0.29) is 11.4 Å². The zero-order valence-corrected chi connectivity index (χ0v) is 12.2. The first-order valence-electron chi connectivity index (χ1n) is 6.18. The summed E-state index contributed by atoms with van der Waals surface area (Å²) >= 11 is 0. The Morgan fingerprint density at radius 3 is 2.52 bits per heavy atom. The molecule has 0 saturated heterocycles. The highest BCUT2D eigenvalue weighted by Crippen LogP contribution is 2.14. The number of rotatable bonds is 5. The number of methoxy groups -OCH3 is 1. The molecule has 21 heavy (non-hydrogen) atoms. The van der Waals surface area contributed by atoms with E-state index in [1.807, 2.05) is 12.1 Å². The third kappa shape index (κ3) is 3.81. The van der Waals surface area contributed by atoms with E-state index in [0.717, 1.165) is 5.56 Å². The van der Waals surface area contributed by atoms with Crippen LogP contribution < -0.4 is 9.46 Å². The van der Waals surface area contributed by atoms with Crippen LogP contribution >= 0.6 is 0 Å². The molecular formula is C15H14N2O3S. The molecule has 2 aromatic rings. The van der Waals surface area contributed by atoms with Crippen molar-refractivity contribution in [3.05, 3.63) is 59.7 Å². The molecule has 0 amide bonds. The van der Waals surface area contributed by atoms with Crippen molar-refractivity contribution in [3.63, 3.8) is 0 Å². The number of sulfonamides is 1. The summed E-state index contributed by atoms with van der Waals surface area (Å²) in [6, 6.07) is 14.9. The lowest BCUT2D eigenvalue weighted by molar-refractivity contribution is 0.414. The molecule has 0 atom stereocenters. The fourth-order valence-corrected chi connectivity index (χ4v) is 2.77. The lowest BCUT2D eigenvalue weighted by Gasteiger charge is -2.08. The van der Waals surface area contributed by atoms with Crippen LogP contribution in [0.25, 0.3) is 0 Å². The third-order valence-corrected chi connectivity index (χ3v) is 4.31. The molecule has 0 bridgehead atoms. The standard InChI is InChI=1S/C15H14N2O3S/c1-20-14-4-2-3-13(9-14)11-17-21(18,19)15-7-5-12(10-16)6-8-15/h2-9,17H,11H2,1H3. The molecule has 0 aliphatic heterocycles. The van der Waals surface area contributed by atoms with Crippen LogP contribution in [0.15, 0.2) is 53.4 Å². The highest BCUT2D eigenvalue weighted by Gasteiger charge is 2.13. The molecule has 1 N–H and O–H groups in total. The summed E-state index contributed by atoms with van der Waals surface area (Å²) in [5.41, 5.74) is 1.22. The Bertz CT molecular complexity index is 762. The van der Waals surface area contributed by atoms with Crippen molar-refractivity contribution in [3.8, 4) is 11.8 Å². The van der Waals surface area contributed by atoms with E-state index < -0.39 is 10.0 Å². The van der Waals surface area contributed by atoms with Crippen molar-refractivity contribution in [1.29, 1.82) is 5.26 Å². The lowest BCUT2D eigenvalue weighted by atomic mass is 10.2. The van der Waals surface area contributed by atoms with E-state index in [9.17, 15) is 8.42 Å². The third-order valence-electron chi connectivity index (χ3n) is 2.89. The second-order valence-electron chi connectivity index (χ2n) is 4.31. The number of nitrogens with zero attached hydrogens (tertiary/aromatic N) is 1. The Morgan fingerprint density at radius 1 is 1.19 bits per heavy atom. The molecule has 0 aliphatic carbocycles. The predicted molar refractivity (Wildman–Crippen MR) is 78.2 cm³/mol. The molecule has 0 aliphatic rings. The maximum absolute atomic E-state index is 12.1. The van der Waals surface area contributed by atoms with Crippen LogP contribution in [0.4, 0.5) is 0 Å². The van der Waals surface area contributed by atoms with E-state index in [1.54, 1.807) is 25.3 Å². The van der Waals surface area contributed by atoms with Gasteiger partial charge in [0.2, 0.25) is 10.0 Å². The van der Waals surface area contributed by atoms with E-state index in [1.165, 1.54) is 24.3 Å². The Hall–Kier alpha value is -2.36. The van der Waals surface area contributed by atoms with Crippen molar-refractivity contribution in [1.82, 2.24) is 4.72 Å². The minimum Gasteiger partial charge on any atom is -0.497 e. The summed E-state index contributed by atoms with van der Waals surface area (Å²) in [5.74, 6) is 0.671. The predicted octanol–water partition coefficient (Wildman–Crippen LogP) is 2.05. The van der Waals surface area contributed by atoms with Gasteiger partial charge < -0.3 is 4.74 Å². The molecule has 0 radical (unpaired) electrons. The summed E-state index contributed by atoms with van der Waals surface area (Å²) < 4.78 is 31.9.